The van der Waals surface area contributed by atoms with Crippen LogP contribution in [0.2, 0.25) is 0 Å². The third-order valence-corrected chi connectivity index (χ3v) is 7.92. The zero-order valence-corrected chi connectivity index (χ0v) is 20.9. The Morgan fingerprint density at radius 3 is 2.89 bits per heavy atom. The fourth-order valence-electron chi connectivity index (χ4n) is 4.90. The number of nitrogens with two attached hydrogens (primary N) is 1. The number of thioether (sulfide) groups is 1. The van der Waals surface area contributed by atoms with Crippen molar-refractivity contribution in [2.45, 2.75) is 30.6 Å². The number of aliphatic imine (C=N–C) groups is 1. The molecule has 1 saturated carbocycles. The van der Waals surface area contributed by atoms with Crippen LogP contribution < -0.4 is 15.8 Å². The van der Waals surface area contributed by atoms with Crippen molar-refractivity contribution in [1.82, 2.24) is 9.97 Å². The van der Waals surface area contributed by atoms with Gasteiger partial charge in [0.15, 0.2) is 22.6 Å². The molecule has 3 aromatic rings. The van der Waals surface area contributed by atoms with Crippen LogP contribution in [0, 0.1) is 29.4 Å². The molecule has 3 heterocycles. The highest BCUT2D eigenvalue weighted by atomic mass is 32.2. The van der Waals surface area contributed by atoms with E-state index in [1.165, 1.54) is 11.8 Å². The SMILES string of the molecule is CC#CCOc1cnc2c(Nc3cc(F)c(F)c([C@@]4(C)N=C(N)S[C@@]5(COC)C[C@H]54)c3)nccc2c1. The third kappa shape index (κ3) is 4.22. The van der Waals surface area contributed by atoms with Gasteiger partial charge in [0.25, 0.3) is 0 Å². The predicted octanol–water partition coefficient (Wildman–Crippen LogP) is 4.74. The highest BCUT2D eigenvalue weighted by Crippen LogP contribution is 2.66. The van der Waals surface area contributed by atoms with Crippen molar-refractivity contribution in [3.63, 3.8) is 0 Å². The number of methoxy groups -OCH3 is 1. The minimum absolute atomic E-state index is 0.0421. The first-order chi connectivity index (χ1) is 17.3. The Balaban J connectivity index is 1.50. The molecule has 0 radical (unpaired) electrons. The maximum Gasteiger partial charge on any atom is 0.164 e. The quantitative estimate of drug-likeness (QED) is 0.445. The van der Waals surface area contributed by atoms with Gasteiger partial charge in [-0.2, -0.15) is 0 Å². The van der Waals surface area contributed by atoms with Gasteiger partial charge in [0.05, 0.1) is 23.1 Å². The van der Waals surface area contributed by atoms with Crippen LogP contribution in [0.5, 0.6) is 5.75 Å². The lowest BCUT2D eigenvalue weighted by atomic mass is 9.85. The normalized spacial score (nSPS) is 24.4. The molecule has 0 amide bonds. The first kappa shape index (κ1) is 24.3. The smallest absolute Gasteiger partial charge is 0.164 e. The van der Waals surface area contributed by atoms with Gasteiger partial charge in [-0.05, 0) is 38.5 Å². The lowest BCUT2D eigenvalue weighted by Crippen LogP contribution is -2.37. The molecule has 3 atom stereocenters. The van der Waals surface area contributed by atoms with E-state index in [-0.39, 0.29) is 22.8 Å². The molecule has 1 aliphatic heterocycles. The van der Waals surface area contributed by atoms with E-state index in [4.69, 9.17) is 15.2 Å². The van der Waals surface area contributed by atoms with Crippen molar-refractivity contribution < 1.29 is 18.3 Å². The maximum absolute atomic E-state index is 15.2. The van der Waals surface area contributed by atoms with E-state index >= 15 is 4.39 Å². The first-order valence-corrected chi connectivity index (χ1v) is 12.2. The van der Waals surface area contributed by atoms with Crippen LogP contribution in [0.25, 0.3) is 10.9 Å². The van der Waals surface area contributed by atoms with E-state index < -0.39 is 17.2 Å². The van der Waals surface area contributed by atoms with Crippen LogP contribution in [0.4, 0.5) is 20.3 Å². The van der Waals surface area contributed by atoms with E-state index in [0.29, 0.717) is 34.5 Å². The Bertz CT molecular complexity index is 1440. The van der Waals surface area contributed by atoms with Crippen molar-refractivity contribution in [3.8, 4) is 17.6 Å². The summed E-state index contributed by atoms with van der Waals surface area (Å²) in [5, 5.41) is 4.21. The molecule has 0 unspecified atom stereocenters. The van der Waals surface area contributed by atoms with E-state index in [1.807, 2.05) is 6.07 Å². The van der Waals surface area contributed by atoms with E-state index in [1.54, 1.807) is 45.5 Å². The zero-order chi connectivity index (χ0) is 25.5. The van der Waals surface area contributed by atoms with Crippen molar-refractivity contribution in [3.05, 3.63) is 53.9 Å². The maximum atomic E-state index is 15.2. The number of amidine groups is 1. The Hall–Kier alpha value is -3.42. The summed E-state index contributed by atoms with van der Waals surface area (Å²) < 4.78 is 40.8. The topological polar surface area (TPSA) is 94.7 Å². The molecule has 5 rings (SSSR count). The number of nitrogens with zero attached hydrogens (tertiary/aromatic N) is 3. The number of hydrogen-bond donors (Lipinski definition) is 2. The largest absolute Gasteiger partial charge is 0.479 e. The van der Waals surface area contributed by atoms with Gasteiger partial charge in [-0.3, -0.25) is 4.99 Å². The van der Waals surface area contributed by atoms with Crippen LogP contribution in [0.15, 0.2) is 41.7 Å². The summed E-state index contributed by atoms with van der Waals surface area (Å²) in [5.41, 5.74) is 6.12. The molecule has 2 aromatic heterocycles. The van der Waals surface area contributed by atoms with Gasteiger partial charge in [-0.25, -0.2) is 18.7 Å². The summed E-state index contributed by atoms with van der Waals surface area (Å²) in [6.07, 6.45) is 3.93. The minimum Gasteiger partial charge on any atom is -0.479 e. The lowest BCUT2D eigenvalue weighted by Gasteiger charge is -2.34. The molecule has 2 aliphatic rings. The summed E-state index contributed by atoms with van der Waals surface area (Å²) in [6.45, 7) is 4.25. The molecule has 7 nitrogen and oxygen atoms in total. The molecule has 186 valence electrons. The predicted molar refractivity (Wildman–Crippen MR) is 137 cm³/mol. The number of benzene rings is 1. The number of aromatic nitrogens is 2. The van der Waals surface area contributed by atoms with Crippen molar-refractivity contribution >= 4 is 39.3 Å². The number of pyridine rings is 2. The first-order valence-electron chi connectivity index (χ1n) is 11.4. The van der Waals surface area contributed by atoms with Gasteiger partial charge in [0, 0.05) is 41.9 Å². The highest BCUT2D eigenvalue weighted by Gasteiger charge is 2.66. The van der Waals surface area contributed by atoms with Crippen LogP contribution in [-0.4, -0.2) is 40.2 Å². The fraction of sp³-hybridized carbons (Fsp3) is 0.346. The minimum atomic E-state index is -1.03. The number of anilines is 2. The van der Waals surface area contributed by atoms with E-state index in [2.05, 4.69) is 32.1 Å². The molecular weight excluding hydrogens is 484 g/mol. The molecule has 1 fully saturated rings. The Morgan fingerprint density at radius 1 is 1.28 bits per heavy atom. The van der Waals surface area contributed by atoms with Crippen molar-refractivity contribution in [2.75, 3.05) is 25.6 Å². The summed E-state index contributed by atoms with van der Waals surface area (Å²) in [5.74, 6) is 4.61. The van der Waals surface area contributed by atoms with Crippen LogP contribution in [0.3, 0.4) is 0 Å². The number of rotatable bonds is 7. The lowest BCUT2D eigenvalue weighted by molar-refractivity contribution is 0.184. The van der Waals surface area contributed by atoms with E-state index in [0.717, 1.165) is 17.9 Å². The average molecular weight is 510 g/mol. The molecule has 3 N–H and O–H groups in total. The summed E-state index contributed by atoms with van der Waals surface area (Å²) in [6, 6.07) is 6.29. The van der Waals surface area contributed by atoms with Crippen molar-refractivity contribution in [2.24, 2.45) is 16.6 Å². The molecule has 36 heavy (non-hydrogen) atoms. The summed E-state index contributed by atoms with van der Waals surface area (Å²) in [4.78, 5) is 13.4. The van der Waals surface area contributed by atoms with Gasteiger partial charge < -0.3 is 20.5 Å². The van der Waals surface area contributed by atoms with Gasteiger partial charge in [0.2, 0.25) is 0 Å². The second-order valence-corrected chi connectivity index (χ2v) is 10.5. The second-order valence-electron chi connectivity index (χ2n) is 9.02. The molecule has 1 aliphatic carbocycles. The van der Waals surface area contributed by atoms with Gasteiger partial charge in [-0.15, -0.1) is 5.92 Å². The molecule has 0 spiro atoms. The summed E-state index contributed by atoms with van der Waals surface area (Å²) >= 11 is 1.44. The summed E-state index contributed by atoms with van der Waals surface area (Å²) in [7, 11) is 1.62. The van der Waals surface area contributed by atoms with E-state index in [9.17, 15) is 4.39 Å². The van der Waals surface area contributed by atoms with Crippen LogP contribution in [-0.2, 0) is 10.3 Å². The monoisotopic (exact) mass is 509 g/mol. The average Bonchev–Trinajstić information content (AvgIpc) is 3.56. The Labute approximate surface area is 211 Å². The molecule has 0 bridgehead atoms. The Kier molecular flexibility index (Phi) is 6.22. The molecular formula is C26H25F2N5O2S. The van der Waals surface area contributed by atoms with Gasteiger partial charge in [-0.1, -0.05) is 17.7 Å². The highest BCUT2D eigenvalue weighted by molar-refractivity contribution is 8.15. The second kappa shape index (κ2) is 9.22. The molecule has 10 heteroatoms. The number of fused-ring (bicyclic) bond motifs is 2. The third-order valence-electron chi connectivity index (χ3n) is 6.64. The van der Waals surface area contributed by atoms with Gasteiger partial charge >= 0.3 is 0 Å². The fourth-order valence-corrected chi connectivity index (χ4v) is 6.35. The standard InChI is InChI=1S/C26H25F2N5O2S/c1-4-5-8-35-17-9-15-6-7-30-23(22(15)31-13-17)32-16-10-18(21(28)19(27)11-16)25(2)20-12-26(20,14-34-3)36-24(29)33-25/h6-7,9-11,13,20H,8,12,14H2,1-3H3,(H2,29,33)(H,30,32)/t20-,25+,26+/m0/s1. The number of nitrogens with one attached hydrogen (secondary N) is 1. The number of ether oxygens (including phenoxy) is 2. The molecule has 1 aromatic carbocycles. The van der Waals surface area contributed by atoms with Crippen LogP contribution >= 0.6 is 11.8 Å². The molecule has 0 saturated heterocycles. The van der Waals surface area contributed by atoms with Crippen LogP contribution in [0.1, 0.15) is 25.8 Å². The van der Waals surface area contributed by atoms with Gasteiger partial charge in [0.1, 0.15) is 17.9 Å². The van der Waals surface area contributed by atoms with Crippen molar-refractivity contribution in [1.29, 1.82) is 0 Å². The number of halogens is 2. The Morgan fingerprint density at radius 2 is 2.11 bits per heavy atom. The zero-order valence-electron chi connectivity index (χ0n) is 20.1. The number of hydrogen-bond acceptors (Lipinski definition) is 8.